The molecule has 100 valence electrons. The molecule has 0 spiro atoms. The van der Waals surface area contributed by atoms with Crippen molar-refractivity contribution in [3.8, 4) is 11.3 Å². The lowest BCUT2D eigenvalue weighted by molar-refractivity contribution is 0.0191. The summed E-state index contributed by atoms with van der Waals surface area (Å²) in [5, 5.41) is 11.8. The van der Waals surface area contributed by atoms with Gasteiger partial charge in [0.05, 0.1) is 11.3 Å². The molecular weight excluding hydrogens is 262 g/mol. The summed E-state index contributed by atoms with van der Waals surface area (Å²) in [5.41, 5.74) is 1.40. The highest BCUT2D eigenvalue weighted by molar-refractivity contribution is 7.10. The fourth-order valence-electron chi connectivity index (χ4n) is 1.58. The zero-order chi connectivity index (χ0) is 14.0. The van der Waals surface area contributed by atoms with Crippen molar-refractivity contribution in [2.75, 3.05) is 7.11 Å². The molecule has 0 saturated heterocycles. The van der Waals surface area contributed by atoms with E-state index >= 15 is 0 Å². The Morgan fingerprint density at radius 3 is 2.79 bits per heavy atom. The van der Waals surface area contributed by atoms with Crippen LogP contribution in [0.5, 0.6) is 0 Å². The van der Waals surface area contributed by atoms with Crippen LogP contribution >= 0.6 is 11.3 Å². The lowest BCUT2D eigenvalue weighted by Gasteiger charge is -2.19. The zero-order valence-corrected chi connectivity index (χ0v) is 11.8. The van der Waals surface area contributed by atoms with E-state index in [1.165, 1.54) is 11.3 Å². The van der Waals surface area contributed by atoms with Crippen LogP contribution < -0.4 is 0 Å². The molecule has 0 aliphatic rings. The highest BCUT2D eigenvalue weighted by Crippen LogP contribution is 2.30. The van der Waals surface area contributed by atoms with E-state index in [9.17, 15) is 4.79 Å². The second-order valence-electron chi connectivity index (χ2n) is 4.64. The van der Waals surface area contributed by atoms with E-state index in [0.717, 1.165) is 16.3 Å². The lowest BCUT2D eigenvalue weighted by atomic mass is 10.1. The molecule has 0 aliphatic carbocycles. The van der Waals surface area contributed by atoms with Crippen LogP contribution in [0.4, 0.5) is 0 Å². The van der Waals surface area contributed by atoms with Crippen molar-refractivity contribution in [2.24, 2.45) is 0 Å². The molecule has 0 saturated carbocycles. The molecule has 19 heavy (non-hydrogen) atoms. The van der Waals surface area contributed by atoms with Gasteiger partial charge in [-0.05, 0) is 26.0 Å². The number of benzene rings is 1. The molecule has 1 heterocycles. The van der Waals surface area contributed by atoms with Crippen molar-refractivity contribution in [1.29, 1.82) is 0 Å². The SMILES string of the molecule is COC(C)(C)c1nc(-c2cccc(C(=O)O)c2)cs1. The first-order valence-corrected chi connectivity index (χ1v) is 6.67. The Hall–Kier alpha value is -1.72. The van der Waals surface area contributed by atoms with Gasteiger partial charge >= 0.3 is 5.97 Å². The second kappa shape index (κ2) is 5.11. The predicted octanol–water partition coefficient (Wildman–Crippen LogP) is 3.39. The molecule has 2 rings (SSSR count). The van der Waals surface area contributed by atoms with Crippen molar-refractivity contribution in [1.82, 2.24) is 4.98 Å². The molecule has 4 nitrogen and oxygen atoms in total. The Kier molecular flexibility index (Phi) is 3.68. The van der Waals surface area contributed by atoms with Gasteiger partial charge in [0.1, 0.15) is 10.6 Å². The van der Waals surface area contributed by atoms with Crippen LogP contribution in [0.3, 0.4) is 0 Å². The Balaban J connectivity index is 2.38. The quantitative estimate of drug-likeness (QED) is 0.930. The number of carboxylic acid groups (broad SMARTS) is 1. The number of ether oxygens (including phenoxy) is 1. The molecule has 0 amide bonds. The number of hydrogen-bond donors (Lipinski definition) is 1. The lowest BCUT2D eigenvalue weighted by Crippen LogP contribution is -2.18. The fourth-order valence-corrected chi connectivity index (χ4v) is 2.51. The van der Waals surface area contributed by atoms with Gasteiger partial charge in [-0.2, -0.15) is 0 Å². The maximum Gasteiger partial charge on any atom is 0.335 e. The van der Waals surface area contributed by atoms with Gasteiger partial charge < -0.3 is 9.84 Å². The highest BCUT2D eigenvalue weighted by atomic mass is 32.1. The third-order valence-corrected chi connectivity index (χ3v) is 4.08. The molecule has 0 aliphatic heterocycles. The van der Waals surface area contributed by atoms with Crippen molar-refractivity contribution in [3.05, 3.63) is 40.2 Å². The van der Waals surface area contributed by atoms with Crippen LogP contribution in [0.25, 0.3) is 11.3 Å². The summed E-state index contributed by atoms with van der Waals surface area (Å²) in [7, 11) is 1.64. The highest BCUT2D eigenvalue weighted by Gasteiger charge is 2.23. The molecule has 0 fully saturated rings. The number of thiazole rings is 1. The van der Waals surface area contributed by atoms with Crippen molar-refractivity contribution in [2.45, 2.75) is 19.4 Å². The number of hydrogen-bond acceptors (Lipinski definition) is 4. The third-order valence-electron chi connectivity index (χ3n) is 2.93. The summed E-state index contributed by atoms with van der Waals surface area (Å²) in [6.45, 7) is 3.90. The number of aromatic nitrogens is 1. The number of nitrogens with zero attached hydrogens (tertiary/aromatic N) is 1. The molecule has 0 radical (unpaired) electrons. The minimum Gasteiger partial charge on any atom is -0.478 e. The Morgan fingerprint density at radius 1 is 1.42 bits per heavy atom. The van der Waals surface area contributed by atoms with Crippen molar-refractivity contribution < 1.29 is 14.6 Å². The standard InChI is InChI=1S/C14H15NO3S/c1-14(2,18-3)13-15-11(8-19-13)9-5-4-6-10(7-9)12(16)17/h4-8H,1-3H3,(H,16,17). The Morgan fingerprint density at radius 2 is 2.16 bits per heavy atom. The Bertz CT molecular complexity index is 604. The second-order valence-corrected chi connectivity index (χ2v) is 5.50. The predicted molar refractivity (Wildman–Crippen MR) is 74.5 cm³/mol. The van der Waals surface area contributed by atoms with E-state index in [2.05, 4.69) is 4.98 Å². The topological polar surface area (TPSA) is 59.4 Å². The van der Waals surface area contributed by atoms with Crippen LogP contribution in [0, 0.1) is 0 Å². The summed E-state index contributed by atoms with van der Waals surface area (Å²) in [6.07, 6.45) is 0. The molecule has 0 atom stereocenters. The van der Waals surface area contributed by atoms with Gasteiger partial charge in [-0.15, -0.1) is 11.3 Å². The van der Waals surface area contributed by atoms with Gasteiger partial charge in [-0.1, -0.05) is 12.1 Å². The van der Waals surface area contributed by atoms with Crippen LogP contribution in [-0.2, 0) is 10.3 Å². The summed E-state index contributed by atoms with van der Waals surface area (Å²) < 4.78 is 5.39. The molecular formula is C14H15NO3S. The van der Waals surface area contributed by atoms with Crippen molar-refractivity contribution >= 4 is 17.3 Å². The normalized spacial score (nSPS) is 11.5. The van der Waals surface area contributed by atoms with Crippen LogP contribution in [0.15, 0.2) is 29.6 Å². The minimum atomic E-state index is -0.936. The summed E-state index contributed by atoms with van der Waals surface area (Å²) in [6, 6.07) is 6.77. The van der Waals surface area contributed by atoms with E-state index in [0.29, 0.717) is 0 Å². The van der Waals surface area contributed by atoms with Crippen molar-refractivity contribution in [3.63, 3.8) is 0 Å². The minimum absolute atomic E-state index is 0.262. The first-order chi connectivity index (χ1) is 8.94. The molecule has 5 heteroatoms. The molecule has 1 aromatic carbocycles. The monoisotopic (exact) mass is 277 g/mol. The molecule has 0 unspecified atom stereocenters. The van der Waals surface area contributed by atoms with Gasteiger partial charge in [0.15, 0.2) is 0 Å². The smallest absolute Gasteiger partial charge is 0.335 e. The molecule has 1 N–H and O–H groups in total. The maximum absolute atomic E-state index is 11.0. The van der Waals surface area contributed by atoms with Gasteiger partial charge in [0.2, 0.25) is 0 Å². The molecule has 2 aromatic rings. The number of carbonyl (C=O) groups is 1. The van der Waals surface area contributed by atoms with E-state index < -0.39 is 11.6 Å². The van der Waals surface area contributed by atoms with E-state index in [4.69, 9.17) is 9.84 Å². The van der Waals surface area contributed by atoms with Crippen LogP contribution in [0.1, 0.15) is 29.2 Å². The number of methoxy groups -OCH3 is 1. The third kappa shape index (κ3) is 2.83. The van der Waals surface area contributed by atoms with E-state index in [1.807, 2.05) is 25.3 Å². The van der Waals surface area contributed by atoms with Gasteiger partial charge in [0, 0.05) is 18.1 Å². The average Bonchev–Trinajstić information content (AvgIpc) is 2.89. The van der Waals surface area contributed by atoms with Gasteiger partial charge in [-0.25, -0.2) is 9.78 Å². The number of carboxylic acids is 1. The van der Waals surface area contributed by atoms with Gasteiger partial charge in [-0.3, -0.25) is 0 Å². The first kappa shape index (κ1) is 13.7. The Labute approximate surface area is 115 Å². The number of aromatic carboxylic acids is 1. The maximum atomic E-state index is 11.0. The van der Waals surface area contributed by atoms with E-state index in [-0.39, 0.29) is 5.56 Å². The van der Waals surface area contributed by atoms with Crippen LogP contribution in [-0.4, -0.2) is 23.2 Å². The van der Waals surface area contributed by atoms with Crippen LogP contribution in [0.2, 0.25) is 0 Å². The fraction of sp³-hybridized carbons (Fsp3) is 0.286. The average molecular weight is 277 g/mol. The van der Waals surface area contributed by atoms with E-state index in [1.54, 1.807) is 25.3 Å². The summed E-state index contributed by atoms with van der Waals surface area (Å²) in [4.78, 5) is 15.5. The molecule has 1 aromatic heterocycles. The van der Waals surface area contributed by atoms with Gasteiger partial charge in [0.25, 0.3) is 0 Å². The summed E-state index contributed by atoms with van der Waals surface area (Å²) >= 11 is 1.51. The number of rotatable bonds is 4. The first-order valence-electron chi connectivity index (χ1n) is 5.79. The molecule has 0 bridgehead atoms. The zero-order valence-electron chi connectivity index (χ0n) is 11.0. The largest absolute Gasteiger partial charge is 0.478 e. The summed E-state index contributed by atoms with van der Waals surface area (Å²) in [5.74, 6) is -0.936.